The maximum atomic E-state index is 6.02. The molecule has 8 nitrogen and oxygen atoms in total. The second kappa shape index (κ2) is 10.3. The number of nitrogens with zero attached hydrogens (tertiary/aromatic N) is 7. The summed E-state index contributed by atoms with van der Waals surface area (Å²) in [6.45, 7) is 12.4. The van der Waals surface area contributed by atoms with Gasteiger partial charge in [-0.05, 0) is 49.1 Å². The van der Waals surface area contributed by atoms with E-state index in [0.29, 0.717) is 35.5 Å². The van der Waals surface area contributed by atoms with Gasteiger partial charge in [0, 0.05) is 52.4 Å². The summed E-state index contributed by atoms with van der Waals surface area (Å²) in [6.07, 6.45) is 9.91. The van der Waals surface area contributed by atoms with Crippen LogP contribution in [0, 0.1) is 23.7 Å². The van der Waals surface area contributed by atoms with Crippen LogP contribution in [0.2, 0.25) is 0 Å². The molecule has 8 heteroatoms. The third-order valence-electron chi connectivity index (χ3n) is 7.82. The molecule has 0 radical (unpaired) electrons. The van der Waals surface area contributed by atoms with Crippen molar-refractivity contribution in [2.24, 2.45) is 30.7 Å². The highest BCUT2D eigenvalue weighted by Gasteiger charge is 2.34. The van der Waals surface area contributed by atoms with Gasteiger partial charge in [0.2, 0.25) is 5.89 Å². The third kappa shape index (κ3) is 5.32. The van der Waals surface area contributed by atoms with Gasteiger partial charge in [-0.1, -0.05) is 31.6 Å². The maximum absolute atomic E-state index is 6.02. The molecular formula is C27H37N7O. The number of aromatic nitrogens is 5. The highest BCUT2D eigenvalue weighted by molar-refractivity contribution is 5.44. The monoisotopic (exact) mass is 475 g/mol. The zero-order chi connectivity index (χ0) is 24.4. The fraction of sp³-hybridized carbons (Fsp3) is 0.556. The average Bonchev–Trinajstić information content (AvgIpc) is 3.50. The summed E-state index contributed by atoms with van der Waals surface area (Å²) in [5.74, 6) is 4.66. The van der Waals surface area contributed by atoms with Crippen LogP contribution in [0.1, 0.15) is 33.1 Å². The second-order valence-corrected chi connectivity index (χ2v) is 10.5. The molecular weight excluding hydrogens is 438 g/mol. The van der Waals surface area contributed by atoms with Gasteiger partial charge < -0.3 is 13.9 Å². The second-order valence-electron chi connectivity index (χ2n) is 10.5. The molecule has 2 aliphatic rings. The quantitative estimate of drug-likeness (QED) is 0.477. The van der Waals surface area contributed by atoms with Gasteiger partial charge in [-0.15, -0.1) is 10.2 Å². The molecule has 0 N–H and O–H groups in total. The van der Waals surface area contributed by atoms with Crippen molar-refractivity contribution in [2.75, 3.05) is 37.6 Å². The molecule has 1 aliphatic carbocycles. The van der Waals surface area contributed by atoms with E-state index < -0.39 is 0 Å². The van der Waals surface area contributed by atoms with E-state index in [4.69, 9.17) is 4.42 Å². The van der Waals surface area contributed by atoms with E-state index in [1.54, 1.807) is 12.5 Å². The van der Waals surface area contributed by atoms with Crippen molar-refractivity contribution in [3.8, 4) is 11.6 Å². The Morgan fingerprint density at radius 2 is 1.94 bits per heavy atom. The fourth-order valence-electron chi connectivity index (χ4n) is 5.70. The molecule has 0 amide bonds. The Kier molecular flexibility index (Phi) is 7.00. The van der Waals surface area contributed by atoms with Gasteiger partial charge in [-0.25, -0.2) is 9.97 Å². The highest BCUT2D eigenvalue weighted by atomic mass is 16.4. The zero-order valence-corrected chi connectivity index (χ0v) is 21.3. The molecule has 4 heterocycles. The Hall–Kier alpha value is -3.00. The van der Waals surface area contributed by atoms with Crippen LogP contribution in [-0.2, 0) is 13.5 Å². The molecule has 0 spiro atoms. The predicted molar refractivity (Wildman–Crippen MR) is 137 cm³/mol. The van der Waals surface area contributed by atoms with Crippen molar-refractivity contribution in [3.05, 3.63) is 54.5 Å². The first-order chi connectivity index (χ1) is 17.0. The number of rotatable bonds is 7. The van der Waals surface area contributed by atoms with Crippen LogP contribution < -0.4 is 4.90 Å². The minimum absolute atomic E-state index is 0.444. The van der Waals surface area contributed by atoms with Gasteiger partial charge in [0.1, 0.15) is 11.5 Å². The molecule has 3 atom stereocenters. The van der Waals surface area contributed by atoms with Gasteiger partial charge in [0.25, 0.3) is 5.89 Å². The van der Waals surface area contributed by atoms with Crippen molar-refractivity contribution in [1.29, 1.82) is 0 Å². The fourth-order valence-corrected chi connectivity index (χ4v) is 5.70. The number of imidazole rings is 1. The molecule has 0 aromatic carbocycles. The Labute approximate surface area is 208 Å². The summed E-state index contributed by atoms with van der Waals surface area (Å²) in [5.41, 5.74) is 2.31. The van der Waals surface area contributed by atoms with Crippen LogP contribution in [0.25, 0.3) is 11.6 Å². The molecule has 1 fully saturated rings. The van der Waals surface area contributed by atoms with Gasteiger partial charge in [0.15, 0.2) is 0 Å². The molecule has 0 bridgehead atoms. The number of pyridine rings is 1. The summed E-state index contributed by atoms with van der Waals surface area (Å²) >= 11 is 0. The van der Waals surface area contributed by atoms with E-state index in [1.165, 1.54) is 12.0 Å². The molecule has 5 rings (SSSR count). The lowest BCUT2D eigenvalue weighted by Gasteiger charge is -2.41. The van der Waals surface area contributed by atoms with E-state index in [0.717, 1.165) is 50.7 Å². The SMILES string of the molecule is CC1=C[C@@H](CN2CCN(c3ccccn3)CC2)[C@H](C(C)C)C[C@H]1Cc1nnc(-c2cncn2C)o1. The Balaban J connectivity index is 1.22. The smallest absolute Gasteiger partial charge is 0.265 e. The largest absolute Gasteiger partial charge is 0.419 e. The Morgan fingerprint density at radius 3 is 2.63 bits per heavy atom. The number of anilines is 1. The molecule has 186 valence electrons. The van der Waals surface area contributed by atoms with Crippen LogP contribution in [0.4, 0.5) is 5.82 Å². The topological polar surface area (TPSA) is 76.1 Å². The first-order valence-corrected chi connectivity index (χ1v) is 12.8. The van der Waals surface area contributed by atoms with E-state index in [2.05, 4.69) is 68.9 Å². The van der Waals surface area contributed by atoms with Crippen molar-refractivity contribution in [2.45, 2.75) is 33.6 Å². The number of hydrogen-bond donors (Lipinski definition) is 0. The molecule has 1 saturated heterocycles. The van der Waals surface area contributed by atoms with Crippen molar-refractivity contribution in [3.63, 3.8) is 0 Å². The lowest BCUT2D eigenvalue weighted by Crippen LogP contribution is -2.49. The standard InChI is InChI=1S/C27H37N7O/c1-19(2)23-14-21(15-26-30-31-27(35-26)24-16-28-18-32(24)4)20(3)13-22(23)17-33-9-11-34(12-10-33)25-7-5-6-8-29-25/h5-8,13,16,18-19,21-23H,9-12,14-15,17H2,1-4H3/t21-,22-,23-/m0/s1. The van der Waals surface area contributed by atoms with Crippen molar-refractivity contribution >= 4 is 5.82 Å². The molecule has 3 aromatic rings. The van der Waals surface area contributed by atoms with Gasteiger partial charge in [0.05, 0.1) is 12.5 Å². The number of piperazine rings is 1. The van der Waals surface area contributed by atoms with Crippen LogP contribution in [0.15, 0.2) is 53.0 Å². The summed E-state index contributed by atoms with van der Waals surface area (Å²) < 4.78 is 7.92. The van der Waals surface area contributed by atoms with Crippen LogP contribution in [0.5, 0.6) is 0 Å². The number of aryl methyl sites for hydroxylation is 1. The molecule has 0 saturated carbocycles. The third-order valence-corrected chi connectivity index (χ3v) is 7.82. The normalized spacial score (nSPS) is 23.6. The summed E-state index contributed by atoms with van der Waals surface area (Å²) in [4.78, 5) is 13.7. The minimum atomic E-state index is 0.444. The maximum Gasteiger partial charge on any atom is 0.265 e. The van der Waals surface area contributed by atoms with Crippen molar-refractivity contribution < 1.29 is 4.42 Å². The van der Waals surface area contributed by atoms with E-state index in [9.17, 15) is 0 Å². The van der Waals surface area contributed by atoms with Crippen LogP contribution in [0.3, 0.4) is 0 Å². The average molecular weight is 476 g/mol. The van der Waals surface area contributed by atoms with E-state index in [-0.39, 0.29) is 0 Å². The summed E-state index contributed by atoms with van der Waals surface area (Å²) in [6, 6.07) is 6.16. The minimum Gasteiger partial charge on any atom is -0.419 e. The van der Waals surface area contributed by atoms with Gasteiger partial charge >= 0.3 is 0 Å². The van der Waals surface area contributed by atoms with Gasteiger partial charge in [-0.2, -0.15) is 0 Å². The van der Waals surface area contributed by atoms with E-state index in [1.807, 2.05) is 23.9 Å². The number of hydrogen-bond acceptors (Lipinski definition) is 7. The van der Waals surface area contributed by atoms with E-state index >= 15 is 0 Å². The highest BCUT2D eigenvalue weighted by Crippen LogP contribution is 2.39. The Bertz CT molecular complexity index is 1130. The lowest BCUT2D eigenvalue weighted by atomic mass is 9.69. The zero-order valence-electron chi connectivity index (χ0n) is 21.3. The van der Waals surface area contributed by atoms with Crippen molar-refractivity contribution in [1.82, 2.24) is 29.6 Å². The predicted octanol–water partition coefficient (Wildman–Crippen LogP) is 4.08. The summed E-state index contributed by atoms with van der Waals surface area (Å²) in [7, 11) is 1.94. The first kappa shape index (κ1) is 23.7. The van der Waals surface area contributed by atoms with Gasteiger partial charge in [-0.3, -0.25) is 4.90 Å². The van der Waals surface area contributed by atoms with Crippen LogP contribution in [-0.4, -0.2) is 62.4 Å². The Morgan fingerprint density at radius 1 is 1.11 bits per heavy atom. The summed E-state index contributed by atoms with van der Waals surface area (Å²) in [5, 5.41) is 8.63. The lowest BCUT2D eigenvalue weighted by molar-refractivity contribution is 0.155. The number of allylic oxidation sites excluding steroid dienone is 1. The first-order valence-electron chi connectivity index (χ1n) is 12.8. The molecule has 1 aliphatic heterocycles. The molecule has 3 aromatic heterocycles. The van der Waals surface area contributed by atoms with Crippen LogP contribution >= 0.6 is 0 Å². The molecule has 35 heavy (non-hydrogen) atoms. The molecule has 0 unspecified atom stereocenters.